The van der Waals surface area contributed by atoms with E-state index in [4.69, 9.17) is 11.6 Å². The molecule has 1 heterocycles. The number of hydrogen-bond acceptors (Lipinski definition) is 3. The molecule has 2 aromatic carbocycles. The van der Waals surface area contributed by atoms with Gasteiger partial charge in [0, 0.05) is 0 Å². The molecule has 0 bridgehead atoms. The van der Waals surface area contributed by atoms with Crippen molar-refractivity contribution in [3.63, 3.8) is 0 Å². The van der Waals surface area contributed by atoms with Gasteiger partial charge in [0.25, 0.3) is 11.1 Å². The van der Waals surface area contributed by atoms with Gasteiger partial charge in [-0.2, -0.15) is 13.2 Å². The number of anilines is 1. The van der Waals surface area contributed by atoms with Gasteiger partial charge < -0.3 is 0 Å². The molecule has 1 fully saturated rings. The summed E-state index contributed by atoms with van der Waals surface area (Å²) in [6.07, 6.45) is -4.69. The third-order valence-corrected chi connectivity index (χ3v) is 5.94. The zero-order valence-electron chi connectivity index (χ0n) is 15.1. The first-order valence-electron chi connectivity index (χ1n) is 8.22. The highest BCUT2D eigenvalue weighted by Crippen LogP contribution is 2.42. The van der Waals surface area contributed by atoms with E-state index in [0.29, 0.717) is 23.4 Å². The Morgan fingerprint density at radius 2 is 1.71 bits per heavy atom. The smallest absolute Gasteiger partial charge is 0.268 e. The third-order valence-electron chi connectivity index (χ3n) is 4.56. The van der Waals surface area contributed by atoms with Crippen molar-refractivity contribution in [1.82, 2.24) is 0 Å². The van der Waals surface area contributed by atoms with Crippen LogP contribution in [0.2, 0.25) is 5.02 Å². The van der Waals surface area contributed by atoms with Crippen molar-refractivity contribution >= 4 is 45.8 Å². The Labute approximate surface area is 169 Å². The lowest BCUT2D eigenvalue weighted by atomic mass is 10.0. The van der Waals surface area contributed by atoms with Crippen molar-refractivity contribution in [2.45, 2.75) is 26.9 Å². The van der Waals surface area contributed by atoms with Crippen LogP contribution >= 0.6 is 23.4 Å². The molecule has 1 aliphatic heterocycles. The minimum absolute atomic E-state index is 0.165. The number of rotatable bonds is 2. The van der Waals surface area contributed by atoms with Gasteiger partial charge in [0.05, 0.1) is 21.2 Å². The van der Waals surface area contributed by atoms with E-state index < -0.39 is 27.9 Å². The Balaban J connectivity index is 2.04. The fraction of sp³-hybridized carbons (Fsp3) is 0.200. The molecular formula is C20H15ClF3NO2S. The SMILES string of the molecule is C/C(=C1/SC(=O)N(c2ccc(Cl)c(C(F)(F)F)c2)C1=O)c1ccc(C)c(C)c1. The quantitative estimate of drug-likeness (QED) is 0.508. The number of hydrogen-bond donors (Lipinski definition) is 0. The number of thioether (sulfide) groups is 1. The topological polar surface area (TPSA) is 37.4 Å². The van der Waals surface area contributed by atoms with Crippen LogP contribution in [0.15, 0.2) is 41.3 Å². The standard InChI is InChI=1S/C20H15ClF3NO2S/c1-10-4-5-13(8-11(10)2)12(3)17-18(26)25(19(27)28-17)14-6-7-16(21)15(9-14)20(22,23)24/h4-9H,1-3H3/b17-12-. The number of amides is 2. The first kappa shape index (κ1) is 20.5. The summed E-state index contributed by atoms with van der Waals surface area (Å²) in [5.74, 6) is -0.652. The van der Waals surface area contributed by atoms with Crippen LogP contribution in [-0.2, 0) is 11.0 Å². The average Bonchev–Trinajstić information content (AvgIpc) is 2.91. The van der Waals surface area contributed by atoms with Crippen molar-refractivity contribution < 1.29 is 22.8 Å². The van der Waals surface area contributed by atoms with Crippen LogP contribution in [0.3, 0.4) is 0 Å². The number of benzene rings is 2. The fourth-order valence-corrected chi connectivity index (χ4v) is 3.92. The number of alkyl halides is 3. The number of carbonyl (C=O) groups is 2. The summed E-state index contributed by atoms with van der Waals surface area (Å²) in [4.78, 5) is 26.2. The minimum Gasteiger partial charge on any atom is -0.268 e. The van der Waals surface area contributed by atoms with Gasteiger partial charge in [-0.3, -0.25) is 9.59 Å². The third kappa shape index (κ3) is 3.69. The Hall–Kier alpha value is -2.25. The molecule has 0 unspecified atom stereocenters. The molecule has 0 atom stereocenters. The molecule has 0 aliphatic carbocycles. The maximum atomic E-state index is 13.1. The summed E-state index contributed by atoms with van der Waals surface area (Å²) in [7, 11) is 0. The lowest BCUT2D eigenvalue weighted by Crippen LogP contribution is -2.28. The highest BCUT2D eigenvalue weighted by Gasteiger charge is 2.40. The summed E-state index contributed by atoms with van der Waals surface area (Å²) in [5.41, 5.74) is 2.23. The fourth-order valence-electron chi connectivity index (χ4n) is 2.80. The molecule has 3 rings (SSSR count). The van der Waals surface area contributed by atoms with E-state index in [1.807, 2.05) is 32.0 Å². The molecule has 0 radical (unpaired) electrons. The number of aryl methyl sites for hydroxylation is 2. The van der Waals surface area contributed by atoms with Gasteiger partial charge in [-0.05, 0) is 73.0 Å². The second-order valence-electron chi connectivity index (χ2n) is 6.42. The monoisotopic (exact) mass is 425 g/mol. The van der Waals surface area contributed by atoms with Crippen LogP contribution in [0.4, 0.5) is 23.7 Å². The Morgan fingerprint density at radius 1 is 1.04 bits per heavy atom. The van der Waals surface area contributed by atoms with E-state index in [9.17, 15) is 22.8 Å². The predicted octanol–water partition coefficient (Wildman–Crippen LogP) is 6.61. The molecule has 2 amide bonds. The van der Waals surface area contributed by atoms with Crippen LogP contribution in [0.25, 0.3) is 5.57 Å². The molecule has 0 saturated carbocycles. The molecule has 3 nitrogen and oxygen atoms in total. The van der Waals surface area contributed by atoms with E-state index >= 15 is 0 Å². The van der Waals surface area contributed by atoms with E-state index in [1.54, 1.807) is 6.92 Å². The second-order valence-corrected chi connectivity index (χ2v) is 7.79. The van der Waals surface area contributed by atoms with E-state index in [1.165, 1.54) is 6.07 Å². The van der Waals surface area contributed by atoms with Gasteiger partial charge in [-0.25, -0.2) is 4.90 Å². The van der Waals surface area contributed by atoms with Crippen LogP contribution in [0.1, 0.15) is 29.2 Å². The number of imide groups is 1. The first-order chi connectivity index (χ1) is 13.0. The van der Waals surface area contributed by atoms with Gasteiger partial charge in [-0.1, -0.05) is 29.8 Å². The molecule has 0 N–H and O–H groups in total. The summed E-state index contributed by atoms with van der Waals surface area (Å²) in [6, 6.07) is 8.63. The summed E-state index contributed by atoms with van der Waals surface area (Å²) < 4.78 is 39.4. The minimum atomic E-state index is -4.69. The van der Waals surface area contributed by atoms with Gasteiger partial charge in [0.15, 0.2) is 0 Å². The van der Waals surface area contributed by atoms with Crippen LogP contribution in [-0.4, -0.2) is 11.1 Å². The van der Waals surface area contributed by atoms with Gasteiger partial charge in [-0.15, -0.1) is 0 Å². The molecule has 0 spiro atoms. The summed E-state index contributed by atoms with van der Waals surface area (Å²) in [5, 5.41) is -1.15. The second kappa shape index (κ2) is 7.29. The number of halogens is 4. The molecule has 2 aromatic rings. The van der Waals surface area contributed by atoms with Crippen LogP contribution < -0.4 is 4.90 Å². The normalized spacial score (nSPS) is 16.8. The maximum Gasteiger partial charge on any atom is 0.417 e. The van der Waals surface area contributed by atoms with Crippen LogP contribution in [0.5, 0.6) is 0 Å². The number of carbonyl (C=O) groups excluding carboxylic acids is 2. The van der Waals surface area contributed by atoms with Crippen LogP contribution in [0, 0.1) is 13.8 Å². The zero-order valence-corrected chi connectivity index (χ0v) is 16.7. The molecule has 1 saturated heterocycles. The maximum absolute atomic E-state index is 13.1. The summed E-state index contributed by atoms with van der Waals surface area (Å²) >= 11 is 6.33. The number of allylic oxidation sites excluding steroid dienone is 1. The van der Waals surface area contributed by atoms with E-state index in [2.05, 4.69) is 0 Å². The summed E-state index contributed by atoms with van der Waals surface area (Å²) in [6.45, 7) is 5.61. The Bertz CT molecular complexity index is 1030. The molecular weight excluding hydrogens is 411 g/mol. The highest BCUT2D eigenvalue weighted by atomic mass is 35.5. The zero-order chi connectivity index (χ0) is 20.8. The first-order valence-corrected chi connectivity index (χ1v) is 9.41. The molecule has 8 heteroatoms. The van der Waals surface area contributed by atoms with Crippen molar-refractivity contribution in [3.05, 3.63) is 68.6 Å². The molecule has 1 aliphatic rings. The van der Waals surface area contributed by atoms with Crippen molar-refractivity contribution in [3.8, 4) is 0 Å². The van der Waals surface area contributed by atoms with E-state index in [-0.39, 0.29) is 10.6 Å². The van der Waals surface area contributed by atoms with E-state index in [0.717, 1.165) is 27.7 Å². The van der Waals surface area contributed by atoms with Crippen molar-refractivity contribution in [2.24, 2.45) is 0 Å². The molecule has 28 heavy (non-hydrogen) atoms. The largest absolute Gasteiger partial charge is 0.417 e. The molecule has 0 aromatic heterocycles. The van der Waals surface area contributed by atoms with Gasteiger partial charge >= 0.3 is 6.18 Å². The van der Waals surface area contributed by atoms with Gasteiger partial charge in [0.2, 0.25) is 0 Å². The lowest BCUT2D eigenvalue weighted by molar-refractivity contribution is -0.137. The average molecular weight is 426 g/mol. The van der Waals surface area contributed by atoms with Crippen molar-refractivity contribution in [1.29, 1.82) is 0 Å². The lowest BCUT2D eigenvalue weighted by Gasteiger charge is -2.16. The highest BCUT2D eigenvalue weighted by molar-refractivity contribution is 8.19. The van der Waals surface area contributed by atoms with Gasteiger partial charge in [0.1, 0.15) is 0 Å². The van der Waals surface area contributed by atoms with Crippen molar-refractivity contribution in [2.75, 3.05) is 4.90 Å². The Morgan fingerprint density at radius 3 is 2.32 bits per heavy atom. The Kier molecular flexibility index (Phi) is 5.34. The number of nitrogens with zero attached hydrogens (tertiary/aromatic N) is 1. The molecule has 146 valence electrons. The predicted molar refractivity (Wildman–Crippen MR) is 105 cm³/mol.